The molecule has 2 rings (SSSR count). The van der Waals surface area contributed by atoms with Gasteiger partial charge in [0.15, 0.2) is 0 Å². The highest BCUT2D eigenvalue weighted by atomic mass is 79.9. The van der Waals surface area contributed by atoms with Crippen LogP contribution in [-0.2, 0) is 14.8 Å². The normalized spacial score (nSPS) is 21.6. The first-order chi connectivity index (χ1) is 8.08. The standard InChI is InChI=1S/C9H13BrN2O3S2/c10-8-1-2-9(16-8)17(13,14)12-5-7-6-15-4-3-11-7/h1-2,7,11-12H,3-6H2. The molecule has 1 aromatic rings. The molecule has 2 heterocycles. The van der Waals surface area contributed by atoms with Gasteiger partial charge in [-0.15, -0.1) is 11.3 Å². The van der Waals surface area contributed by atoms with Crippen molar-refractivity contribution in [2.45, 2.75) is 10.3 Å². The zero-order valence-electron chi connectivity index (χ0n) is 8.98. The van der Waals surface area contributed by atoms with Crippen molar-refractivity contribution in [2.75, 3.05) is 26.3 Å². The summed E-state index contributed by atoms with van der Waals surface area (Å²) in [5.74, 6) is 0. The maximum atomic E-state index is 11.9. The van der Waals surface area contributed by atoms with Gasteiger partial charge in [0.25, 0.3) is 0 Å². The summed E-state index contributed by atoms with van der Waals surface area (Å²) in [5.41, 5.74) is 0. The lowest BCUT2D eigenvalue weighted by atomic mass is 10.3. The van der Waals surface area contributed by atoms with Crippen LogP contribution >= 0.6 is 27.3 Å². The molecule has 1 unspecified atom stereocenters. The highest BCUT2D eigenvalue weighted by molar-refractivity contribution is 9.11. The molecule has 0 aliphatic carbocycles. The van der Waals surface area contributed by atoms with Gasteiger partial charge < -0.3 is 10.1 Å². The molecule has 5 nitrogen and oxygen atoms in total. The molecule has 0 radical (unpaired) electrons. The number of hydrogen-bond donors (Lipinski definition) is 2. The summed E-state index contributed by atoms with van der Waals surface area (Å²) in [6, 6.07) is 3.35. The largest absolute Gasteiger partial charge is 0.378 e. The van der Waals surface area contributed by atoms with E-state index in [0.717, 1.165) is 10.3 Å². The zero-order valence-corrected chi connectivity index (χ0v) is 12.2. The Bertz CT molecular complexity index is 468. The van der Waals surface area contributed by atoms with Crippen LogP contribution in [0.4, 0.5) is 0 Å². The lowest BCUT2D eigenvalue weighted by Crippen LogP contribution is -2.48. The predicted octanol–water partition coefficient (Wildman–Crippen LogP) is 0.777. The van der Waals surface area contributed by atoms with Crippen LogP contribution in [0.1, 0.15) is 0 Å². The molecule has 1 atom stereocenters. The molecule has 2 N–H and O–H groups in total. The fourth-order valence-corrected chi connectivity index (χ4v) is 4.61. The third kappa shape index (κ3) is 3.73. The number of morpholine rings is 1. The lowest BCUT2D eigenvalue weighted by Gasteiger charge is -2.23. The Kier molecular flexibility index (Phi) is 4.56. The van der Waals surface area contributed by atoms with E-state index in [-0.39, 0.29) is 6.04 Å². The third-order valence-corrected chi connectivity index (χ3v) is 5.87. The van der Waals surface area contributed by atoms with Crippen molar-refractivity contribution in [3.8, 4) is 0 Å². The molecule has 0 saturated carbocycles. The summed E-state index contributed by atoms with van der Waals surface area (Å²) in [6.45, 7) is 2.33. The smallest absolute Gasteiger partial charge is 0.250 e. The van der Waals surface area contributed by atoms with E-state index >= 15 is 0 Å². The van der Waals surface area contributed by atoms with Crippen LogP contribution in [0.3, 0.4) is 0 Å². The van der Waals surface area contributed by atoms with Gasteiger partial charge in [0, 0.05) is 19.1 Å². The molecule has 0 spiro atoms. The van der Waals surface area contributed by atoms with Gasteiger partial charge in [-0.25, -0.2) is 13.1 Å². The summed E-state index contributed by atoms with van der Waals surface area (Å²) in [6.07, 6.45) is 0. The topological polar surface area (TPSA) is 67.4 Å². The van der Waals surface area contributed by atoms with Crippen molar-refractivity contribution in [2.24, 2.45) is 0 Å². The number of thiophene rings is 1. The van der Waals surface area contributed by atoms with Crippen LogP contribution in [0.5, 0.6) is 0 Å². The molecule has 1 aromatic heterocycles. The first-order valence-corrected chi connectivity index (χ1v) is 8.23. The summed E-state index contributed by atoms with van der Waals surface area (Å²) in [7, 11) is -3.40. The maximum absolute atomic E-state index is 11.9. The van der Waals surface area contributed by atoms with Crippen molar-refractivity contribution in [3.05, 3.63) is 15.9 Å². The number of ether oxygens (including phenoxy) is 1. The van der Waals surface area contributed by atoms with Crippen molar-refractivity contribution < 1.29 is 13.2 Å². The molecule has 0 amide bonds. The first kappa shape index (κ1) is 13.4. The van der Waals surface area contributed by atoms with E-state index in [1.54, 1.807) is 12.1 Å². The van der Waals surface area contributed by atoms with Crippen LogP contribution in [0, 0.1) is 0 Å². The van der Waals surface area contributed by atoms with Gasteiger partial charge in [-0.1, -0.05) is 0 Å². The van der Waals surface area contributed by atoms with Gasteiger partial charge >= 0.3 is 0 Å². The monoisotopic (exact) mass is 340 g/mol. The van der Waals surface area contributed by atoms with Crippen LogP contribution in [-0.4, -0.2) is 40.8 Å². The number of rotatable bonds is 4. The Morgan fingerprint density at radius 1 is 1.59 bits per heavy atom. The van der Waals surface area contributed by atoms with Gasteiger partial charge in [-0.05, 0) is 28.1 Å². The maximum Gasteiger partial charge on any atom is 0.250 e. The van der Waals surface area contributed by atoms with E-state index in [4.69, 9.17) is 4.74 Å². The van der Waals surface area contributed by atoms with E-state index in [1.807, 2.05) is 0 Å². The quantitative estimate of drug-likeness (QED) is 0.849. The van der Waals surface area contributed by atoms with Crippen LogP contribution in [0.25, 0.3) is 0 Å². The van der Waals surface area contributed by atoms with Crippen LogP contribution < -0.4 is 10.0 Å². The molecule has 1 aliphatic heterocycles. The van der Waals surface area contributed by atoms with Crippen LogP contribution in [0.15, 0.2) is 20.1 Å². The average molecular weight is 341 g/mol. The Morgan fingerprint density at radius 2 is 2.41 bits per heavy atom. The van der Waals surface area contributed by atoms with Crippen molar-refractivity contribution in [3.63, 3.8) is 0 Å². The summed E-state index contributed by atoms with van der Waals surface area (Å²) >= 11 is 4.44. The molecule has 1 saturated heterocycles. The second-order valence-electron chi connectivity index (χ2n) is 3.64. The Balaban J connectivity index is 1.93. The zero-order chi connectivity index (χ0) is 12.3. The molecule has 1 aliphatic rings. The number of sulfonamides is 1. The van der Waals surface area contributed by atoms with E-state index < -0.39 is 10.0 Å². The lowest BCUT2D eigenvalue weighted by molar-refractivity contribution is 0.0784. The minimum atomic E-state index is -3.40. The van der Waals surface area contributed by atoms with Gasteiger partial charge in [-0.3, -0.25) is 0 Å². The summed E-state index contributed by atoms with van der Waals surface area (Å²) < 4.78 is 32.8. The van der Waals surface area contributed by atoms with Crippen molar-refractivity contribution >= 4 is 37.3 Å². The third-order valence-electron chi connectivity index (χ3n) is 2.33. The molecular weight excluding hydrogens is 328 g/mol. The highest BCUT2D eigenvalue weighted by Gasteiger charge is 2.19. The number of halogens is 1. The van der Waals surface area contributed by atoms with E-state index in [1.165, 1.54) is 11.3 Å². The molecule has 0 aromatic carbocycles. The molecule has 17 heavy (non-hydrogen) atoms. The molecule has 96 valence electrons. The fraction of sp³-hybridized carbons (Fsp3) is 0.556. The van der Waals surface area contributed by atoms with E-state index in [2.05, 4.69) is 26.0 Å². The molecule has 8 heteroatoms. The molecular formula is C9H13BrN2O3S2. The van der Waals surface area contributed by atoms with Gasteiger partial charge in [-0.2, -0.15) is 0 Å². The minimum Gasteiger partial charge on any atom is -0.378 e. The van der Waals surface area contributed by atoms with E-state index in [9.17, 15) is 8.42 Å². The van der Waals surface area contributed by atoms with Crippen molar-refractivity contribution in [1.29, 1.82) is 0 Å². The van der Waals surface area contributed by atoms with Gasteiger partial charge in [0.2, 0.25) is 10.0 Å². The fourth-order valence-electron chi connectivity index (χ4n) is 1.47. The van der Waals surface area contributed by atoms with Crippen LogP contribution in [0.2, 0.25) is 0 Å². The minimum absolute atomic E-state index is 0.0435. The predicted molar refractivity (Wildman–Crippen MR) is 69.8 cm³/mol. The Morgan fingerprint density at radius 3 is 3.00 bits per heavy atom. The first-order valence-electron chi connectivity index (χ1n) is 5.14. The highest BCUT2D eigenvalue weighted by Crippen LogP contribution is 2.25. The summed E-state index contributed by atoms with van der Waals surface area (Å²) in [4.78, 5) is 0. The van der Waals surface area contributed by atoms with Crippen molar-refractivity contribution in [1.82, 2.24) is 10.0 Å². The molecule has 1 fully saturated rings. The number of nitrogens with one attached hydrogen (secondary N) is 2. The van der Waals surface area contributed by atoms with Gasteiger partial charge in [0.05, 0.1) is 17.0 Å². The second kappa shape index (κ2) is 5.77. The Hall–Kier alpha value is 0.01000. The SMILES string of the molecule is O=S(=O)(NCC1COCCN1)c1ccc(Br)s1. The van der Waals surface area contributed by atoms with Gasteiger partial charge in [0.1, 0.15) is 4.21 Å². The molecule has 0 bridgehead atoms. The summed E-state index contributed by atoms with van der Waals surface area (Å²) in [5, 5.41) is 3.19. The second-order valence-corrected chi connectivity index (χ2v) is 8.09. The van der Waals surface area contributed by atoms with E-state index in [0.29, 0.717) is 24.0 Å². The number of hydrogen-bond acceptors (Lipinski definition) is 5. The Labute approximate surface area is 113 Å². The average Bonchev–Trinajstić information content (AvgIpc) is 2.76.